The molecule has 0 aromatic rings. The van der Waals surface area contributed by atoms with E-state index in [4.69, 9.17) is 12.6 Å². The summed E-state index contributed by atoms with van der Waals surface area (Å²) in [5.41, 5.74) is 0.606. The number of fused-ring (bicyclic) bond motifs is 1. The van der Waals surface area contributed by atoms with E-state index in [0.29, 0.717) is 10.8 Å². The van der Waals surface area contributed by atoms with E-state index in [9.17, 15) is 0 Å². The van der Waals surface area contributed by atoms with E-state index in [2.05, 4.69) is 32.6 Å². The zero-order valence-corrected chi connectivity index (χ0v) is 10.7. The Balaban J connectivity index is 2.17. The molecule has 2 heteroatoms. The summed E-state index contributed by atoms with van der Waals surface area (Å²) in [6.07, 6.45) is 4.00. The lowest BCUT2D eigenvalue weighted by Gasteiger charge is -2.56. The molecule has 3 aliphatic heterocycles. The average molecular weight is 213 g/mol. The Kier molecular flexibility index (Phi) is 2.64. The maximum atomic E-state index is 4.70. The number of hydrogen-bond acceptors (Lipinski definition) is 2. The van der Waals surface area contributed by atoms with Crippen molar-refractivity contribution in [2.75, 3.05) is 0 Å². The Morgan fingerprint density at radius 2 is 2.14 bits per heavy atom. The molecule has 3 aliphatic rings. The molecular weight excluding hydrogens is 190 g/mol. The smallest absolute Gasteiger partial charge is 0.0539 e. The van der Waals surface area contributed by atoms with Gasteiger partial charge in [-0.3, -0.25) is 4.90 Å². The summed E-state index contributed by atoms with van der Waals surface area (Å²) in [6.45, 7) is 9.42. The Hall–Kier alpha value is 0.310. The van der Waals surface area contributed by atoms with Crippen molar-refractivity contribution in [1.82, 2.24) is 4.90 Å². The SMILES string of the molecule is CCC1N2C(S)CC1(CC(C)C)C2C. The van der Waals surface area contributed by atoms with Gasteiger partial charge in [-0.2, -0.15) is 12.6 Å². The maximum absolute atomic E-state index is 4.70. The van der Waals surface area contributed by atoms with Crippen LogP contribution in [0.1, 0.15) is 47.0 Å². The molecule has 0 aliphatic carbocycles. The van der Waals surface area contributed by atoms with Crippen LogP contribution < -0.4 is 0 Å². The van der Waals surface area contributed by atoms with Crippen LogP contribution in [0.2, 0.25) is 0 Å². The van der Waals surface area contributed by atoms with Gasteiger partial charge in [0.2, 0.25) is 0 Å². The van der Waals surface area contributed by atoms with Gasteiger partial charge >= 0.3 is 0 Å². The van der Waals surface area contributed by atoms with Gasteiger partial charge in [0.1, 0.15) is 0 Å². The molecule has 0 amide bonds. The van der Waals surface area contributed by atoms with E-state index < -0.39 is 0 Å². The van der Waals surface area contributed by atoms with Crippen molar-refractivity contribution in [3.63, 3.8) is 0 Å². The third-order valence-corrected chi connectivity index (χ3v) is 4.83. The highest BCUT2D eigenvalue weighted by atomic mass is 32.1. The van der Waals surface area contributed by atoms with Crippen molar-refractivity contribution in [2.45, 2.75) is 64.4 Å². The standard InChI is InChI=1S/C12H23NS/c1-5-10-12(6-8(2)3)7-11(14)13(10)9(12)4/h8-11,14H,5-7H2,1-4H3. The van der Waals surface area contributed by atoms with Gasteiger partial charge in [-0.25, -0.2) is 0 Å². The van der Waals surface area contributed by atoms with Crippen molar-refractivity contribution in [3.05, 3.63) is 0 Å². The highest BCUT2D eigenvalue weighted by Crippen LogP contribution is 2.61. The molecule has 0 radical (unpaired) electrons. The molecule has 0 aromatic heterocycles. The van der Waals surface area contributed by atoms with E-state index in [0.717, 1.165) is 18.0 Å². The molecule has 1 nitrogen and oxygen atoms in total. The number of thiol groups is 1. The van der Waals surface area contributed by atoms with E-state index in [1.807, 2.05) is 0 Å². The first-order valence-electron chi connectivity index (χ1n) is 5.98. The molecule has 0 aromatic carbocycles. The Labute approximate surface area is 93.7 Å². The molecule has 3 rings (SSSR count). The predicted molar refractivity (Wildman–Crippen MR) is 64.7 cm³/mol. The quantitative estimate of drug-likeness (QED) is 0.705. The van der Waals surface area contributed by atoms with E-state index in [1.54, 1.807) is 0 Å². The van der Waals surface area contributed by atoms with Crippen molar-refractivity contribution >= 4 is 12.6 Å². The number of nitrogens with zero attached hydrogens (tertiary/aromatic N) is 1. The van der Waals surface area contributed by atoms with Gasteiger partial charge in [0.15, 0.2) is 0 Å². The lowest BCUT2D eigenvalue weighted by molar-refractivity contribution is -0.0708. The van der Waals surface area contributed by atoms with Gasteiger partial charge in [-0.1, -0.05) is 20.8 Å². The molecule has 3 fully saturated rings. The van der Waals surface area contributed by atoms with Crippen LogP contribution in [-0.2, 0) is 0 Å². The Bertz CT molecular complexity index is 228. The van der Waals surface area contributed by atoms with Crippen molar-refractivity contribution < 1.29 is 0 Å². The zero-order valence-electron chi connectivity index (χ0n) is 9.83. The van der Waals surface area contributed by atoms with Crippen molar-refractivity contribution in [1.29, 1.82) is 0 Å². The fourth-order valence-corrected chi connectivity index (χ4v) is 4.75. The first-order chi connectivity index (χ1) is 6.53. The van der Waals surface area contributed by atoms with Gasteiger partial charge in [0, 0.05) is 17.5 Å². The summed E-state index contributed by atoms with van der Waals surface area (Å²) < 4.78 is 0. The van der Waals surface area contributed by atoms with Gasteiger partial charge in [0.25, 0.3) is 0 Å². The van der Waals surface area contributed by atoms with Gasteiger partial charge < -0.3 is 0 Å². The minimum atomic E-state index is 0.536. The van der Waals surface area contributed by atoms with Crippen LogP contribution in [0.25, 0.3) is 0 Å². The lowest BCUT2D eigenvalue weighted by Crippen LogP contribution is -2.63. The third kappa shape index (κ3) is 1.19. The lowest BCUT2D eigenvalue weighted by atomic mass is 9.63. The Morgan fingerprint density at radius 3 is 2.57 bits per heavy atom. The fourth-order valence-electron chi connectivity index (χ4n) is 4.05. The van der Waals surface area contributed by atoms with Crippen LogP contribution >= 0.6 is 12.6 Å². The molecule has 0 spiro atoms. The van der Waals surface area contributed by atoms with Gasteiger partial charge in [-0.05, 0) is 32.1 Å². The van der Waals surface area contributed by atoms with Crippen LogP contribution in [0.4, 0.5) is 0 Å². The van der Waals surface area contributed by atoms with Crippen LogP contribution in [0.5, 0.6) is 0 Å². The van der Waals surface area contributed by atoms with Crippen molar-refractivity contribution in [2.24, 2.45) is 11.3 Å². The van der Waals surface area contributed by atoms with Crippen LogP contribution in [-0.4, -0.2) is 22.4 Å². The maximum Gasteiger partial charge on any atom is 0.0539 e. The van der Waals surface area contributed by atoms with E-state index in [-0.39, 0.29) is 0 Å². The van der Waals surface area contributed by atoms with Crippen LogP contribution in [0, 0.1) is 11.3 Å². The average Bonchev–Trinajstić information content (AvgIpc) is 2.49. The zero-order chi connectivity index (χ0) is 10.5. The first kappa shape index (κ1) is 10.8. The second-order valence-electron chi connectivity index (χ2n) is 5.56. The fraction of sp³-hybridized carbons (Fsp3) is 1.00. The number of rotatable bonds is 3. The topological polar surface area (TPSA) is 3.24 Å². The molecule has 0 saturated carbocycles. The largest absolute Gasteiger partial charge is 0.285 e. The molecule has 5 atom stereocenters. The molecule has 5 unspecified atom stereocenters. The molecule has 14 heavy (non-hydrogen) atoms. The highest BCUT2D eigenvalue weighted by molar-refractivity contribution is 7.80. The predicted octanol–water partition coefficient (Wildman–Crippen LogP) is 3.16. The van der Waals surface area contributed by atoms with E-state index >= 15 is 0 Å². The third-order valence-electron chi connectivity index (χ3n) is 4.38. The molecule has 3 heterocycles. The second-order valence-corrected chi connectivity index (χ2v) is 6.16. The molecule has 3 saturated heterocycles. The summed E-state index contributed by atoms with van der Waals surface area (Å²) in [5.74, 6) is 0.826. The van der Waals surface area contributed by atoms with Gasteiger partial charge in [-0.15, -0.1) is 0 Å². The monoisotopic (exact) mass is 213 g/mol. The summed E-state index contributed by atoms with van der Waals surface area (Å²) in [4.78, 5) is 2.62. The Morgan fingerprint density at radius 1 is 1.50 bits per heavy atom. The normalized spacial score (nSPS) is 51.0. The molecule has 2 bridgehead atoms. The molecular formula is C12H23NS. The van der Waals surface area contributed by atoms with Gasteiger partial charge in [0.05, 0.1) is 5.37 Å². The second kappa shape index (κ2) is 3.41. The van der Waals surface area contributed by atoms with Crippen molar-refractivity contribution in [3.8, 4) is 0 Å². The summed E-state index contributed by atoms with van der Waals surface area (Å²) in [5, 5.41) is 0.536. The summed E-state index contributed by atoms with van der Waals surface area (Å²) >= 11 is 4.70. The minimum absolute atomic E-state index is 0.536. The van der Waals surface area contributed by atoms with Crippen LogP contribution in [0.15, 0.2) is 0 Å². The summed E-state index contributed by atoms with van der Waals surface area (Å²) in [6, 6.07) is 1.60. The first-order valence-corrected chi connectivity index (χ1v) is 6.50. The van der Waals surface area contributed by atoms with Crippen LogP contribution in [0.3, 0.4) is 0 Å². The number of hydrogen-bond donors (Lipinski definition) is 1. The molecule has 82 valence electrons. The minimum Gasteiger partial charge on any atom is -0.285 e. The molecule has 0 N–H and O–H groups in total. The van der Waals surface area contributed by atoms with E-state index in [1.165, 1.54) is 19.3 Å². The highest BCUT2D eigenvalue weighted by Gasteiger charge is 2.65. The summed E-state index contributed by atoms with van der Waals surface area (Å²) in [7, 11) is 0.